The zero-order valence-electron chi connectivity index (χ0n) is 13.7. The topological polar surface area (TPSA) is 90.0 Å². The summed E-state index contributed by atoms with van der Waals surface area (Å²) in [5.74, 6) is -0.263. The number of hydrogen-bond acceptors (Lipinski definition) is 5. The molecule has 3 aromatic rings. The number of carbonyl (C=O) groups excluding carboxylic acids is 1. The van der Waals surface area contributed by atoms with Gasteiger partial charge in [-0.3, -0.25) is 9.59 Å². The van der Waals surface area contributed by atoms with Crippen LogP contribution in [0.15, 0.2) is 33.6 Å². The van der Waals surface area contributed by atoms with Gasteiger partial charge in [-0.15, -0.1) is 0 Å². The molecule has 136 valence electrons. The minimum atomic E-state index is -4.52. The summed E-state index contributed by atoms with van der Waals surface area (Å²) in [5, 5.41) is 10.5. The highest BCUT2D eigenvalue weighted by Gasteiger charge is 2.30. The molecule has 0 spiro atoms. The van der Waals surface area contributed by atoms with Crippen molar-refractivity contribution in [2.45, 2.75) is 26.6 Å². The van der Waals surface area contributed by atoms with E-state index >= 15 is 0 Å². The highest BCUT2D eigenvalue weighted by molar-refractivity contribution is 5.90. The molecule has 2 aromatic heterocycles. The second kappa shape index (κ2) is 6.28. The molecular formula is C16H13F3N4O3. The number of nitrogens with one attached hydrogen (secondary N) is 1. The number of benzene rings is 1. The first kappa shape index (κ1) is 17.6. The summed E-state index contributed by atoms with van der Waals surface area (Å²) in [7, 11) is 0. The summed E-state index contributed by atoms with van der Waals surface area (Å²) < 4.78 is 44.0. The largest absolute Gasteiger partial charge is 0.416 e. The van der Waals surface area contributed by atoms with E-state index in [1.165, 1.54) is 12.1 Å². The number of rotatable bonds is 3. The monoisotopic (exact) mass is 366 g/mol. The van der Waals surface area contributed by atoms with Crippen molar-refractivity contribution in [2.75, 3.05) is 5.32 Å². The van der Waals surface area contributed by atoms with Crippen molar-refractivity contribution in [3.8, 4) is 0 Å². The average Bonchev–Trinajstić information content (AvgIpc) is 2.94. The summed E-state index contributed by atoms with van der Waals surface area (Å²) in [5.41, 5.74) is -1.05. The Morgan fingerprint density at radius 3 is 2.73 bits per heavy atom. The van der Waals surface area contributed by atoms with Crippen LogP contribution >= 0.6 is 0 Å². The van der Waals surface area contributed by atoms with Crippen molar-refractivity contribution in [3.63, 3.8) is 0 Å². The number of nitrogens with zero attached hydrogens (tertiary/aromatic N) is 3. The van der Waals surface area contributed by atoms with Gasteiger partial charge < -0.3 is 9.84 Å². The zero-order chi connectivity index (χ0) is 19.1. The van der Waals surface area contributed by atoms with Crippen LogP contribution in [0.4, 0.5) is 18.9 Å². The van der Waals surface area contributed by atoms with Gasteiger partial charge in [0.25, 0.3) is 5.56 Å². The molecule has 26 heavy (non-hydrogen) atoms. The quantitative estimate of drug-likeness (QED) is 0.770. The molecule has 1 aromatic carbocycles. The fourth-order valence-corrected chi connectivity index (χ4v) is 2.56. The molecule has 2 heterocycles. The normalized spacial score (nSPS) is 11.7. The lowest BCUT2D eigenvalue weighted by Gasteiger charge is -2.10. The molecule has 3 rings (SSSR count). The van der Waals surface area contributed by atoms with Gasteiger partial charge in [-0.1, -0.05) is 11.2 Å². The lowest BCUT2D eigenvalue weighted by molar-refractivity contribution is -0.137. The average molecular weight is 366 g/mol. The van der Waals surface area contributed by atoms with Gasteiger partial charge in [0.2, 0.25) is 5.91 Å². The second-order valence-electron chi connectivity index (χ2n) is 5.64. The van der Waals surface area contributed by atoms with E-state index in [2.05, 4.69) is 15.6 Å². The number of amides is 1. The van der Waals surface area contributed by atoms with Gasteiger partial charge in [0.05, 0.1) is 16.6 Å². The fourth-order valence-electron chi connectivity index (χ4n) is 2.56. The molecule has 1 N–H and O–H groups in total. The second-order valence-corrected chi connectivity index (χ2v) is 5.64. The van der Waals surface area contributed by atoms with Crippen LogP contribution in [0.3, 0.4) is 0 Å². The van der Waals surface area contributed by atoms with Crippen molar-refractivity contribution in [1.29, 1.82) is 0 Å². The van der Waals surface area contributed by atoms with Crippen molar-refractivity contribution in [2.24, 2.45) is 0 Å². The van der Waals surface area contributed by atoms with E-state index < -0.39 is 29.8 Å². The predicted octanol–water partition coefficient (Wildman–Crippen LogP) is 2.66. The van der Waals surface area contributed by atoms with E-state index in [1.807, 2.05) is 0 Å². The van der Waals surface area contributed by atoms with E-state index in [0.717, 1.165) is 16.8 Å². The molecule has 0 aliphatic heterocycles. The summed E-state index contributed by atoms with van der Waals surface area (Å²) in [6, 6.07) is 4.20. The summed E-state index contributed by atoms with van der Waals surface area (Å²) >= 11 is 0. The first-order chi connectivity index (χ1) is 12.2. The molecule has 0 saturated carbocycles. The Morgan fingerprint density at radius 2 is 2.04 bits per heavy atom. The van der Waals surface area contributed by atoms with Gasteiger partial charge in [-0.2, -0.15) is 18.3 Å². The molecule has 1 amide bonds. The third-order valence-corrected chi connectivity index (χ3v) is 3.70. The third kappa shape index (κ3) is 3.30. The SMILES string of the molecule is Cc1nn(CC(=O)Nc2cccc(C(F)(F)F)c2)c(=O)c2noc(C)c12. The lowest BCUT2D eigenvalue weighted by atomic mass is 10.2. The number of aromatic nitrogens is 3. The van der Waals surface area contributed by atoms with Crippen LogP contribution in [0.5, 0.6) is 0 Å². The van der Waals surface area contributed by atoms with Gasteiger partial charge in [0.1, 0.15) is 12.3 Å². The van der Waals surface area contributed by atoms with Crippen molar-refractivity contribution in [1.82, 2.24) is 14.9 Å². The van der Waals surface area contributed by atoms with Gasteiger partial charge in [-0.05, 0) is 32.0 Å². The van der Waals surface area contributed by atoms with Crippen LogP contribution in [-0.4, -0.2) is 20.8 Å². The Balaban J connectivity index is 1.84. The molecular weight excluding hydrogens is 353 g/mol. The number of fused-ring (bicyclic) bond motifs is 1. The summed E-state index contributed by atoms with van der Waals surface area (Å²) in [4.78, 5) is 24.4. The highest BCUT2D eigenvalue weighted by atomic mass is 19.4. The molecule has 0 fully saturated rings. The number of anilines is 1. The molecule has 7 nitrogen and oxygen atoms in total. The van der Waals surface area contributed by atoms with Crippen molar-refractivity contribution in [3.05, 3.63) is 51.6 Å². The van der Waals surface area contributed by atoms with Gasteiger partial charge >= 0.3 is 6.18 Å². The first-order valence-electron chi connectivity index (χ1n) is 7.47. The Hall–Kier alpha value is -3.17. The molecule has 10 heteroatoms. The van der Waals surface area contributed by atoms with Crippen LogP contribution in [0.25, 0.3) is 10.9 Å². The van der Waals surface area contributed by atoms with Crippen molar-refractivity contribution < 1.29 is 22.5 Å². The van der Waals surface area contributed by atoms with E-state index in [4.69, 9.17) is 4.52 Å². The van der Waals surface area contributed by atoms with Crippen LogP contribution in [0, 0.1) is 13.8 Å². The van der Waals surface area contributed by atoms with E-state index in [0.29, 0.717) is 16.8 Å². The Labute approximate surface area is 144 Å². The number of alkyl halides is 3. The van der Waals surface area contributed by atoms with Gasteiger partial charge in [0, 0.05) is 5.69 Å². The maximum absolute atomic E-state index is 12.7. The van der Waals surface area contributed by atoms with E-state index in [9.17, 15) is 22.8 Å². The van der Waals surface area contributed by atoms with Gasteiger partial charge in [-0.25, -0.2) is 4.68 Å². The first-order valence-corrected chi connectivity index (χ1v) is 7.47. The number of carbonyl (C=O) groups is 1. The van der Waals surface area contributed by atoms with E-state index in [1.54, 1.807) is 13.8 Å². The Bertz CT molecular complexity index is 1050. The van der Waals surface area contributed by atoms with Crippen LogP contribution in [0.2, 0.25) is 0 Å². The van der Waals surface area contributed by atoms with Crippen LogP contribution in [0.1, 0.15) is 17.0 Å². The molecule has 0 aliphatic rings. The molecule has 0 unspecified atom stereocenters. The maximum atomic E-state index is 12.7. The number of halogens is 3. The van der Waals surface area contributed by atoms with Crippen LogP contribution < -0.4 is 10.9 Å². The number of aryl methyl sites for hydroxylation is 2. The third-order valence-electron chi connectivity index (χ3n) is 3.70. The summed E-state index contributed by atoms with van der Waals surface area (Å²) in [6.07, 6.45) is -4.52. The summed E-state index contributed by atoms with van der Waals surface area (Å²) in [6.45, 7) is 2.79. The molecule has 0 aliphatic carbocycles. The Morgan fingerprint density at radius 1 is 1.31 bits per heavy atom. The number of hydrogen-bond donors (Lipinski definition) is 1. The minimum absolute atomic E-state index is 0.0343. The minimum Gasteiger partial charge on any atom is -0.360 e. The smallest absolute Gasteiger partial charge is 0.360 e. The molecule has 0 saturated heterocycles. The Kier molecular flexibility index (Phi) is 4.26. The predicted molar refractivity (Wildman–Crippen MR) is 85.6 cm³/mol. The fraction of sp³-hybridized carbons (Fsp3) is 0.250. The van der Waals surface area contributed by atoms with Crippen molar-refractivity contribution >= 4 is 22.5 Å². The molecule has 0 radical (unpaired) electrons. The highest BCUT2D eigenvalue weighted by Crippen LogP contribution is 2.30. The molecule has 0 bridgehead atoms. The zero-order valence-corrected chi connectivity index (χ0v) is 13.7. The van der Waals surface area contributed by atoms with Gasteiger partial charge in [0.15, 0.2) is 5.52 Å². The van der Waals surface area contributed by atoms with E-state index in [-0.39, 0.29) is 11.2 Å². The maximum Gasteiger partial charge on any atom is 0.416 e. The lowest BCUT2D eigenvalue weighted by Crippen LogP contribution is -2.30. The standard InChI is InChI=1S/C16H13F3N4O3/c1-8-13-9(2)26-22-14(13)15(25)23(21-8)7-12(24)20-11-5-3-4-10(6-11)16(17,18)19/h3-6H,7H2,1-2H3,(H,20,24). The molecule has 0 atom stereocenters. The van der Waals surface area contributed by atoms with Crippen LogP contribution in [-0.2, 0) is 17.5 Å².